The second-order valence-electron chi connectivity index (χ2n) is 5.68. The first-order valence-electron chi connectivity index (χ1n) is 8.02. The number of hydrogen-bond donors (Lipinski definition) is 1. The smallest absolute Gasteiger partial charge is 0.240 e. The van der Waals surface area contributed by atoms with Gasteiger partial charge in [-0.05, 0) is 25.7 Å². The molecule has 1 rings (SSSR count). The number of carbonyl (C=O) groups excluding carboxylic acids is 1. The van der Waals surface area contributed by atoms with Crippen molar-refractivity contribution in [1.82, 2.24) is 5.32 Å². The van der Waals surface area contributed by atoms with Gasteiger partial charge in [0.2, 0.25) is 5.91 Å². The fourth-order valence-corrected chi connectivity index (χ4v) is 2.62. The Morgan fingerprint density at radius 1 is 1.20 bits per heavy atom. The van der Waals surface area contributed by atoms with Gasteiger partial charge < -0.3 is 10.1 Å². The first kappa shape index (κ1) is 17.0. The predicted molar refractivity (Wildman–Crippen MR) is 79.1 cm³/mol. The molecule has 114 valence electrons. The van der Waals surface area contributed by atoms with E-state index in [9.17, 15) is 10.1 Å². The summed E-state index contributed by atoms with van der Waals surface area (Å²) in [4.78, 5) is 12.3. The van der Waals surface area contributed by atoms with Gasteiger partial charge in [-0.15, -0.1) is 0 Å². The summed E-state index contributed by atoms with van der Waals surface area (Å²) in [6.07, 6.45) is 8.72. The van der Waals surface area contributed by atoms with Gasteiger partial charge in [-0.2, -0.15) is 5.26 Å². The molecule has 0 bridgehead atoms. The molecule has 0 aliphatic heterocycles. The number of amides is 1. The molecule has 4 heteroatoms. The molecule has 0 aromatic carbocycles. The predicted octanol–water partition coefficient (Wildman–Crippen LogP) is 3.17. The van der Waals surface area contributed by atoms with Crippen molar-refractivity contribution in [2.45, 2.75) is 64.7 Å². The Balaban J connectivity index is 2.24. The zero-order valence-corrected chi connectivity index (χ0v) is 12.7. The summed E-state index contributed by atoms with van der Waals surface area (Å²) in [5.74, 6) is -0.0736. The molecule has 20 heavy (non-hydrogen) atoms. The summed E-state index contributed by atoms with van der Waals surface area (Å²) in [6, 6.07) is 2.28. The molecular formula is C16H28N2O2. The molecule has 0 aromatic heterocycles. The van der Waals surface area contributed by atoms with E-state index < -0.39 is 5.41 Å². The Morgan fingerprint density at radius 2 is 1.85 bits per heavy atom. The van der Waals surface area contributed by atoms with Crippen LogP contribution in [-0.4, -0.2) is 25.7 Å². The van der Waals surface area contributed by atoms with Crippen molar-refractivity contribution in [3.05, 3.63) is 0 Å². The Kier molecular flexibility index (Phi) is 8.29. The SMILES string of the molecule is CCCCOCCCNC(=O)C1(C#N)CCCCCC1. The van der Waals surface area contributed by atoms with E-state index in [4.69, 9.17) is 4.74 Å². The molecule has 1 saturated carbocycles. The molecule has 1 fully saturated rings. The van der Waals surface area contributed by atoms with Gasteiger partial charge in [0.05, 0.1) is 6.07 Å². The largest absolute Gasteiger partial charge is 0.381 e. The molecule has 4 nitrogen and oxygen atoms in total. The van der Waals surface area contributed by atoms with E-state index in [2.05, 4.69) is 18.3 Å². The highest BCUT2D eigenvalue weighted by Gasteiger charge is 2.38. The van der Waals surface area contributed by atoms with E-state index in [1.165, 1.54) is 0 Å². The van der Waals surface area contributed by atoms with Crippen molar-refractivity contribution in [3.8, 4) is 6.07 Å². The third-order valence-electron chi connectivity index (χ3n) is 4.00. The van der Waals surface area contributed by atoms with Crippen LogP contribution in [0, 0.1) is 16.7 Å². The van der Waals surface area contributed by atoms with Crippen molar-refractivity contribution in [1.29, 1.82) is 5.26 Å². The van der Waals surface area contributed by atoms with Crippen LogP contribution in [0.1, 0.15) is 64.7 Å². The van der Waals surface area contributed by atoms with E-state index in [1.807, 2.05) is 0 Å². The minimum Gasteiger partial charge on any atom is -0.381 e. The van der Waals surface area contributed by atoms with Crippen LogP contribution >= 0.6 is 0 Å². The van der Waals surface area contributed by atoms with Crippen LogP contribution in [0.3, 0.4) is 0 Å². The highest BCUT2D eigenvalue weighted by Crippen LogP contribution is 2.34. The first-order chi connectivity index (χ1) is 9.75. The van der Waals surface area contributed by atoms with Gasteiger partial charge >= 0.3 is 0 Å². The fraction of sp³-hybridized carbons (Fsp3) is 0.875. The number of rotatable bonds is 8. The molecule has 1 aliphatic rings. The van der Waals surface area contributed by atoms with Crippen molar-refractivity contribution in [3.63, 3.8) is 0 Å². The van der Waals surface area contributed by atoms with Crippen molar-refractivity contribution in [2.24, 2.45) is 5.41 Å². The Labute approximate surface area is 122 Å². The van der Waals surface area contributed by atoms with E-state index in [0.29, 0.717) is 26.0 Å². The van der Waals surface area contributed by atoms with Gasteiger partial charge in [-0.25, -0.2) is 0 Å². The van der Waals surface area contributed by atoms with Crippen LogP contribution < -0.4 is 5.32 Å². The average molecular weight is 280 g/mol. The van der Waals surface area contributed by atoms with E-state index >= 15 is 0 Å². The third kappa shape index (κ3) is 5.50. The summed E-state index contributed by atoms with van der Waals surface area (Å²) >= 11 is 0. The Hall–Kier alpha value is -1.08. The van der Waals surface area contributed by atoms with Crippen LogP contribution in [-0.2, 0) is 9.53 Å². The van der Waals surface area contributed by atoms with Crippen molar-refractivity contribution < 1.29 is 9.53 Å². The maximum Gasteiger partial charge on any atom is 0.240 e. The lowest BCUT2D eigenvalue weighted by atomic mass is 9.81. The second-order valence-corrected chi connectivity index (χ2v) is 5.68. The zero-order valence-electron chi connectivity index (χ0n) is 12.7. The zero-order chi connectivity index (χ0) is 14.7. The number of nitrogens with one attached hydrogen (secondary N) is 1. The molecule has 1 amide bonds. The quantitative estimate of drug-likeness (QED) is 0.548. The highest BCUT2D eigenvalue weighted by molar-refractivity contribution is 5.85. The summed E-state index contributed by atoms with van der Waals surface area (Å²) in [5, 5.41) is 12.3. The lowest BCUT2D eigenvalue weighted by Crippen LogP contribution is -2.40. The molecule has 0 heterocycles. The number of nitriles is 1. The van der Waals surface area contributed by atoms with Crippen molar-refractivity contribution in [2.75, 3.05) is 19.8 Å². The maximum atomic E-state index is 12.3. The van der Waals surface area contributed by atoms with Gasteiger partial charge in [-0.3, -0.25) is 4.79 Å². The standard InChI is InChI=1S/C16H28N2O2/c1-2-3-12-20-13-8-11-18-15(19)16(14-17)9-6-4-5-7-10-16/h2-13H2,1H3,(H,18,19). The second kappa shape index (κ2) is 9.77. The number of nitrogens with zero attached hydrogens (tertiary/aromatic N) is 1. The maximum absolute atomic E-state index is 12.3. The highest BCUT2D eigenvalue weighted by atomic mass is 16.5. The van der Waals surface area contributed by atoms with Crippen LogP contribution in [0.25, 0.3) is 0 Å². The Bertz CT molecular complexity index is 315. The van der Waals surface area contributed by atoms with E-state index in [1.54, 1.807) is 0 Å². The van der Waals surface area contributed by atoms with Gasteiger partial charge in [0, 0.05) is 19.8 Å². The number of carbonyl (C=O) groups is 1. The normalized spacial score (nSPS) is 18.0. The van der Waals surface area contributed by atoms with E-state index in [-0.39, 0.29) is 5.91 Å². The summed E-state index contributed by atoms with van der Waals surface area (Å²) < 4.78 is 5.46. The van der Waals surface area contributed by atoms with Gasteiger partial charge in [-0.1, -0.05) is 39.0 Å². The summed E-state index contributed by atoms with van der Waals surface area (Å²) in [7, 11) is 0. The molecule has 0 saturated heterocycles. The molecule has 1 N–H and O–H groups in total. The van der Waals surface area contributed by atoms with Crippen LogP contribution in [0.5, 0.6) is 0 Å². The molecule has 0 spiro atoms. The average Bonchev–Trinajstić information content (AvgIpc) is 2.72. The van der Waals surface area contributed by atoms with Crippen molar-refractivity contribution >= 4 is 5.91 Å². The van der Waals surface area contributed by atoms with E-state index in [0.717, 1.165) is 51.6 Å². The molecule has 0 unspecified atom stereocenters. The van der Waals surface area contributed by atoms with Crippen LogP contribution in [0.15, 0.2) is 0 Å². The third-order valence-corrected chi connectivity index (χ3v) is 4.00. The van der Waals surface area contributed by atoms with Crippen LogP contribution in [0.4, 0.5) is 0 Å². The number of ether oxygens (including phenoxy) is 1. The lowest BCUT2D eigenvalue weighted by Gasteiger charge is -2.23. The number of hydrogen-bond acceptors (Lipinski definition) is 3. The molecule has 1 aliphatic carbocycles. The van der Waals surface area contributed by atoms with Gasteiger partial charge in [0.1, 0.15) is 5.41 Å². The molecule has 0 atom stereocenters. The van der Waals surface area contributed by atoms with Gasteiger partial charge in [0.25, 0.3) is 0 Å². The molecule has 0 aromatic rings. The lowest BCUT2D eigenvalue weighted by molar-refractivity contribution is -0.128. The molecule has 0 radical (unpaired) electrons. The first-order valence-corrected chi connectivity index (χ1v) is 8.02. The minimum absolute atomic E-state index is 0.0736. The Morgan fingerprint density at radius 3 is 2.45 bits per heavy atom. The topological polar surface area (TPSA) is 62.1 Å². The molecular weight excluding hydrogens is 252 g/mol. The monoisotopic (exact) mass is 280 g/mol. The minimum atomic E-state index is -0.778. The fourth-order valence-electron chi connectivity index (χ4n) is 2.62. The number of unbranched alkanes of at least 4 members (excludes halogenated alkanes) is 1. The summed E-state index contributed by atoms with van der Waals surface area (Å²) in [6.45, 7) is 4.22. The van der Waals surface area contributed by atoms with Crippen LogP contribution in [0.2, 0.25) is 0 Å². The summed E-state index contributed by atoms with van der Waals surface area (Å²) in [5.41, 5.74) is -0.778. The van der Waals surface area contributed by atoms with Gasteiger partial charge in [0.15, 0.2) is 0 Å².